The smallest absolute Gasteiger partial charge is 0.223 e. The summed E-state index contributed by atoms with van der Waals surface area (Å²) < 4.78 is 0. The fraction of sp³-hybridized carbons (Fsp3) is 0.471. The van der Waals surface area contributed by atoms with Gasteiger partial charge in [0.2, 0.25) is 5.91 Å². The fourth-order valence-electron chi connectivity index (χ4n) is 3.13. The van der Waals surface area contributed by atoms with Crippen LogP contribution in [0.15, 0.2) is 12.3 Å². The second-order valence-corrected chi connectivity index (χ2v) is 7.19. The average molecular weight is 330 g/mol. The van der Waals surface area contributed by atoms with Gasteiger partial charge in [0.15, 0.2) is 5.13 Å². The highest BCUT2D eigenvalue weighted by atomic mass is 32.1. The number of carbonyl (C=O) groups excluding carboxylic acids is 1. The lowest BCUT2D eigenvalue weighted by Gasteiger charge is -2.18. The van der Waals surface area contributed by atoms with E-state index in [1.54, 1.807) is 11.3 Å². The predicted octanol–water partition coefficient (Wildman–Crippen LogP) is 2.71. The maximum atomic E-state index is 11.1. The zero-order chi connectivity index (χ0) is 16.4. The molecule has 0 unspecified atom stereocenters. The summed E-state index contributed by atoms with van der Waals surface area (Å²) in [6, 6.07) is 2.23. The molecule has 0 fully saturated rings. The second kappa shape index (κ2) is 6.76. The van der Waals surface area contributed by atoms with Gasteiger partial charge in [0, 0.05) is 49.0 Å². The van der Waals surface area contributed by atoms with Crippen molar-refractivity contribution in [2.45, 2.75) is 40.2 Å². The Morgan fingerprint density at radius 3 is 2.91 bits per heavy atom. The van der Waals surface area contributed by atoms with E-state index in [1.165, 1.54) is 28.6 Å². The first kappa shape index (κ1) is 16.1. The van der Waals surface area contributed by atoms with Crippen molar-refractivity contribution in [2.24, 2.45) is 0 Å². The third kappa shape index (κ3) is 3.95. The Balaban J connectivity index is 1.66. The molecule has 0 saturated carbocycles. The first-order chi connectivity index (χ1) is 11.0. The maximum absolute atomic E-state index is 11.1. The highest BCUT2D eigenvalue weighted by Crippen LogP contribution is 2.23. The first-order valence-corrected chi connectivity index (χ1v) is 8.73. The van der Waals surface area contributed by atoms with Crippen LogP contribution in [0.25, 0.3) is 0 Å². The minimum absolute atomic E-state index is 0.0746. The lowest BCUT2D eigenvalue weighted by molar-refractivity contribution is -0.114. The molecule has 1 N–H and O–H groups in total. The number of aromatic nitrogens is 2. The summed E-state index contributed by atoms with van der Waals surface area (Å²) in [5, 5.41) is 3.43. The van der Waals surface area contributed by atoms with E-state index in [2.05, 4.69) is 40.1 Å². The summed E-state index contributed by atoms with van der Waals surface area (Å²) >= 11 is 1.55. The number of hydrogen-bond acceptors (Lipinski definition) is 5. The fourth-order valence-corrected chi connectivity index (χ4v) is 4.03. The van der Waals surface area contributed by atoms with Gasteiger partial charge in [-0.15, -0.1) is 11.3 Å². The number of thiazole rings is 1. The van der Waals surface area contributed by atoms with Gasteiger partial charge in [-0.3, -0.25) is 14.7 Å². The van der Waals surface area contributed by atoms with Crippen LogP contribution in [-0.4, -0.2) is 33.9 Å². The number of carbonyl (C=O) groups is 1. The zero-order valence-electron chi connectivity index (χ0n) is 13.8. The summed E-state index contributed by atoms with van der Waals surface area (Å²) in [5.41, 5.74) is 5.15. The molecule has 2 aromatic rings. The van der Waals surface area contributed by atoms with Crippen LogP contribution in [0.5, 0.6) is 0 Å². The van der Waals surface area contributed by atoms with Gasteiger partial charge in [-0.2, -0.15) is 0 Å². The molecule has 0 spiro atoms. The number of anilines is 1. The number of nitrogens with one attached hydrogen (secondary N) is 1. The van der Waals surface area contributed by atoms with Crippen LogP contribution >= 0.6 is 11.3 Å². The number of hydrogen-bond donors (Lipinski definition) is 1. The van der Waals surface area contributed by atoms with E-state index in [0.29, 0.717) is 5.13 Å². The second-order valence-electron chi connectivity index (χ2n) is 6.08. The molecule has 0 atom stereocenters. The van der Waals surface area contributed by atoms with Crippen molar-refractivity contribution in [1.29, 1.82) is 0 Å². The Labute approximate surface area is 140 Å². The molecule has 0 saturated heterocycles. The summed E-state index contributed by atoms with van der Waals surface area (Å²) in [5.74, 6) is -0.0746. The van der Waals surface area contributed by atoms with Crippen LogP contribution in [0.3, 0.4) is 0 Å². The molecule has 1 amide bonds. The molecule has 0 aliphatic carbocycles. The van der Waals surface area contributed by atoms with Crippen molar-refractivity contribution >= 4 is 22.4 Å². The van der Waals surface area contributed by atoms with Crippen molar-refractivity contribution in [1.82, 2.24) is 14.9 Å². The van der Waals surface area contributed by atoms with Gasteiger partial charge in [-0.25, -0.2) is 4.98 Å². The van der Waals surface area contributed by atoms with E-state index in [-0.39, 0.29) is 5.91 Å². The number of aryl methyl sites for hydroxylation is 2. The number of fused-ring (bicyclic) bond motifs is 1. The first-order valence-electron chi connectivity index (χ1n) is 7.92. The highest BCUT2D eigenvalue weighted by Gasteiger charge is 2.17. The van der Waals surface area contributed by atoms with Crippen molar-refractivity contribution in [3.63, 3.8) is 0 Å². The van der Waals surface area contributed by atoms with Crippen molar-refractivity contribution in [2.75, 3.05) is 18.4 Å². The predicted molar refractivity (Wildman–Crippen MR) is 92.8 cm³/mol. The number of amides is 1. The van der Waals surface area contributed by atoms with E-state index >= 15 is 0 Å². The molecule has 0 radical (unpaired) electrons. The maximum Gasteiger partial charge on any atom is 0.223 e. The van der Waals surface area contributed by atoms with Crippen molar-refractivity contribution in [3.8, 4) is 0 Å². The molecule has 3 rings (SSSR count). The molecule has 0 aromatic carbocycles. The van der Waals surface area contributed by atoms with E-state index in [1.807, 2.05) is 6.20 Å². The highest BCUT2D eigenvalue weighted by molar-refractivity contribution is 7.15. The van der Waals surface area contributed by atoms with Crippen molar-refractivity contribution < 1.29 is 4.79 Å². The summed E-state index contributed by atoms with van der Waals surface area (Å²) in [7, 11) is 0. The van der Waals surface area contributed by atoms with Gasteiger partial charge in [0.1, 0.15) is 0 Å². The average Bonchev–Trinajstić information content (AvgIpc) is 2.78. The molecule has 2 aromatic heterocycles. The van der Waals surface area contributed by atoms with Gasteiger partial charge in [-0.1, -0.05) is 0 Å². The molecular weight excluding hydrogens is 308 g/mol. The molecule has 1 aliphatic rings. The van der Waals surface area contributed by atoms with E-state index in [0.717, 1.165) is 38.2 Å². The third-order valence-corrected chi connectivity index (χ3v) is 5.04. The number of pyridine rings is 1. The molecule has 3 heterocycles. The monoisotopic (exact) mass is 330 g/mol. The SMILES string of the molecule is CC(=O)Nc1ncc(CN2CCc3cc(C)nc(C)c3CC2)s1. The molecule has 6 heteroatoms. The Morgan fingerprint density at radius 2 is 2.13 bits per heavy atom. The lowest BCUT2D eigenvalue weighted by atomic mass is 10.0. The van der Waals surface area contributed by atoms with Gasteiger partial charge in [0.05, 0.1) is 0 Å². The normalized spacial score (nSPS) is 15.1. The van der Waals surface area contributed by atoms with Crippen LogP contribution in [0.1, 0.15) is 34.3 Å². The van der Waals surface area contributed by atoms with Gasteiger partial charge in [-0.05, 0) is 43.9 Å². The summed E-state index contributed by atoms with van der Waals surface area (Å²) in [6.45, 7) is 8.65. The molecule has 122 valence electrons. The Hall–Kier alpha value is -1.79. The topological polar surface area (TPSA) is 58.1 Å². The lowest BCUT2D eigenvalue weighted by Crippen LogP contribution is -2.25. The molecular formula is C17H22N4OS. The van der Waals surface area contributed by atoms with E-state index < -0.39 is 0 Å². The largest absolute Gasteiger partial charge is 0.302 e. The van der Waals surface area contributed by atoms with Crippen LogP contribution in [0.2, 0.25) is 0 Å². The summed E-state index contributed by atoms with van der Waals surface area (Å²) in [4.78, 5) is 23.6. The number of rotatable bonds is 3. The zero-order valence-corrected chi connectivity index (χ0v) is 14.7. The third-order valence-electron chi connectivity index (χ3n) is 4.14. The molecule has 0 bridgehead atoms. The standard InChI is InChI=1S/C17H22N4OS/c1-11-8-14-4-6-21(7-5-16(14)12(2)19-11)10-15-9-18-17(23-15)20-13(3)22/h8-9H,4-7,10H2,1-3H3,(H,18,20,22). The van der Waals surface area contributed by atoms with E-state index in [4.69, 9.17) is 0 Å². The Bertz CT molecular complexity index is 725. The minimum atomic E-state index is -0.0746. The summed E-state index contributed by atoms with van der Waals surface area (Å²) in [6.07, 6.45) is 3.98. The van der Waals surface area contributed by atoms with Gasteiger partial charge < -0.3 is 5.32 Å². The molecule has 1 aliphatic heterocycles. The number of nitrogens with zero attached hydrogens (tertiary/aromatic N) is 3. The van der Waals surface area contributed by atoms with Gasteiger partial charge in [0.25, 0.3) is 0 Å². The minimum Gasteiger partial charge on any atom is -0.302 e. The molecule has 23 heavy (non-hydrogen) atoms. The quantitative estimate of drug-likeness (QED) is 0.940. The van der Waals surface area contributed by atoms with Gasteiger partial charge >= 0.3 is 0 Å². The Morgan fingerprint density at radius 1 is 1.35 bits per heavy atom. The Kier molecular flexibility index (Phi) is 4.73. The molecule has 5 nitrogen and oxygen atoms in total. The van der Waals surface area contributed by atoms with Crippen LogP contribution < -0.4 is 5.32 Å². The van der Waals surface area contributed by atoms with Crippen molar-refractivity contribution in [3.05, 3.63) is 39.7 Å². The van der Waals surface area contributed by atoms with Crippen LogP contribution in [0.4, 0.5) is 5.13 Å². The van der Waals surface area contributed by atoms with E-state index in [9.17, 15) is 4.79 Å². The van der Waals surface area contributed by atoms with Crippen LogP contribution in [0, 0.1) is 13.8 Å². The van der Waals surface area contributed by atoms with Crippen LogP contribution in [-0.2, 0) is 24.2 Å².